The average Bonchev–Trinajstić information content (AvgIpc) is 2.40. The smallest absolute Gasteiger partial charge is 0.149 e. The summed E-state index contributed by atoms with van der Waals surface area (Å²) in [6, 6.07) is 10.6. The second-order valence-electron chi connectivity index (χ2n) is 4.86. The largest absolute Gasteiger partial charge is 0.307 e. The van der Waals surface area contributed by atoms with Gasteiger partial charge in [-0.2, -0.15) is 0 Å². The fourth-order valence-corrected chi connectivity index (χ4v) is 2.61. The highest BCUT2D eigenvalue weighted by Gasteiger charge is 2.26. The lowest BCUT2D eigenvalue weighted by Gasteiger charge is -2.29. The number of ketones is 1. The fraction of sp³-hybridized carbons (Fsp3) is 0.533. The highest BCUT2D eigenvalue weighted by atomic mass is 35.5. The third-order valence-corrected chi connectivity index (χ3v) is 3.56. The number of carbonyl (C=O) groups excluding carboxylic acids is 1. The zero-order valence-electron chi connectivity index (χ0n) is 10.9. The Morgan fingerprint density at radius 3 is 2.72 bits per heavy atom. The van der Waals surface area contributed by atoms with Crippen molar-refractivity contribution in [2.45, 2.75) is 44.6 Å². The van der Waals surface area contributed by atoms with E-state index in [0.29, 0.717) is 18.1 Å². The molecule has 0 saturated carbocycles. The van der Waals surface area contributed by atoms with Crippen molar-refractivity contribution >= 4 is 18.2 Å². The molecule has 1 fully saturated rings. The van der Waals surface area contributed by atoms with E-state index in [0.717, 1.165) is 25.8 Å². The molecule has 0 aromatic heterocycles. The number of carbonyl (C=O) groups is 1. The molecule has 2 unspecified atom stereocenters. The molecule has 0 radical (unpaired) electrons. The second-order valence-corrected chi connectivity index (χ2v) is 4.86. The molecule has 1 aliphatic rings. The molecule has 1 aromatic rings. The van der Waals surface area contributed by atoms with Crippen molar-refractivity contribution in [2.24, 2.45) is 0 Å². The van der Waals surface area contributed by atoms with Gasteiger partial charge in [-0.05, 0) is 37.3 Å². The van der Waals surface area contributed by atoms with Crippen LogP contribution in [0.1, 0.15) is 44.1 Å². The number of hydrogen-bond donors (Lipinski definition) is 1. The van der Waals surface area contributed by atoms with Crippen molar-refractivity contribution in [3.05, 3.63) is 35.9 Å². The highest BCUT2D eigenvalue weighted by Crippen LogP contribution is 2.28. The van der Waals surface area contributed by atoms with Gasteiger partial charge in [0, 0.05) is 6.42 Å². The molecule has 2 nitrogen and oxygen atoms in total. The van der Waals surface area contributed by atoms with Crippen LogP contribution in [0.2, 0.25) is 0 Å². The Morgan fingerprint density at radius 2 is 2.06 bits per heavy atom. The zero-order chi connectivity index (χ0) is 12.1. The predicted octanol–water partition coefficient (Wildman–Crippen LogP) is 3.31. The molecule has 100 valence electrons. The first-order valence-electron chi connectivity index (χ1n) is 6.62. The summed E-state index contributed by atoms with van der Waals surface area (Å²) < 4.78 is 0. The van der Waals surface area contributed by atoms with Crippen LogP contribution in [-0.2, 0) is 4.79 Å². The number of Topliss-reactive ketones (excluding diaryl/α,β-unsaturated/α-hetero) is 1. The molecule has 2 rings (SSSR count). The maximum Gasteiger partial charge on any atom is 0.149 e. The topological polar surface area (TPSA) is 29.1 Å². The summed E-state index contributed by atoms with van der Waals surface area (Å²) in [5.41, 5.74) is 1.38. The molecular formula is C15H22ClNO. The van der Waals surface area contributed by atoms with E-state index in [1.165, 1.54) is 5.56 Å². The lowest BCUT2D eigenvalue weighted by molar-refractivity contribution is -0.121. The minimum Gasteiger partial charge on any atom is -0.307 e. The van der Waals surface area contributed by atoms with Gasteiger partial charge in [0.2, 0.25) is 0 Å². The minimum atomic E-state index is 0. The van der Waals surface area contributed by atoms with Crippen LogP contribution in [0.4, 0.5) is 0 Å². The van der Waals surface area contributed by atoms with Crippen LogP contribution in [0.3, 0.4) is 0 Å². The van der Waals surface area contributed by atoms with Crippen molar-refractivity contribution in [3.8, 4) is 0 Å². The van der Waals surface area contributed by atoms with Gasteiger partial charge in [0.25, 0.3) is 0 Å². The van der Waals surface area contributed by atoms with Gasteiger partial charge < -0.3 is 5.32 Å². The molecule has 18 heavy (non-hydrogen) atoms. The summed E-state index contributed by atoms with van der Waals surface area (Å²) >= 11 is 0. The zero-order valence-corrected chi connectivity index (χ0v) is 11.7. The Morgan fingerprint density at radius 1 is 1.33 bits per heavy atom. The quantitative estimate of drug-likeness (QED) is 0.907. The van der Waals surface area contributed by atoms with Crippen LogP contribution in [0, 0.1) is 0 Å². The van der Waals surface area contributed by atoms with Crippen molar-refractivity contribution in [3.63, 3.8) is 0 Å². The second kappa shape index (κ2) is 7.55. The van der Waals surface area contributed by atoms with Gasteiger partial charge in [-0.3, -0.25) is 4.79 Å². The van der Waals surface area contributed by atoms with Gasteiger partial charge in [0.15, 0.2) is 0 Å². The van der Waals surface area contributed by atoms with Crippen LogP contribution < -0.4 is 5.32 Å². The van der Waals surface area contributed by atoms with Gasteiger partial charge in [-0.25, -0.2) is 0 Å². The molecule has 1 aliphatic heterocycles. The molecule has 1 N–H and O–H groups in total. The summed E-state index contributed by atoms with van der Waals surface area (Å²) in [6.45, 7) is 3.02. The highest BCUT2D eigenvalue weighted by molar-refractivity contribution is 5.85. The molecule has 2 atom stereocenters. The number of rotatable bonds is 4. The minimum absolute atomic E-state index is 0. The molecule has 0 spiro atoms. The first-order valence-corrected chi connectivity index (χ1v) is 6.62. The summed E-state index contributed by atoms with van der Waals surface area (Å²) in [5, 5.41) is 3.35. The van der Waals surface area contributed by atoms with E-state index in [1.54, 1.807) is 0 Å². The van der Waals surface area contributed by atoms with Gasteiger partial charge >= 0.3 is 0 Å². The number of benzene rings is 1. The lowest BCUT2D eigenvalue weighted by Crippen LogP contribution is -2.42. The van der Waals surface area contributed by atoms with Crippen LogP contribution in [-0.4, -0.2) is 18.4 Å². The summed E-state index contributed by atoms with van der Waals surface area (Å²) in [6.07, 6.45) is 3.76. The number of piperidine rings is 1. The summed E-state index contributed by atoms with van der Waals surface area (Å²) in [4.78, 5) is 11.9. The van der Waals surface area contributed by atoms with E-state index < -0.39 is 0 Å². The van der Waals surface area contributed by atoms with E-state index in [2.05, 4.69) is 36.5 Å². The van der Waals surface area contributed by atoms with Crippen LogP contribution in [0.15, 0.2) is 30.3 Å². The van der Waals surface area contributed by atoms with E-state index in [4.69, 9.17) is 0 Å². The standard InChI is InChI=1S/C15H21NO.ClH/c1-2-6-15(17)14-11-13(9-10-16-14)12-7-4-3-5-8-12;/h3-5,7-8,13-14,16H,2,6,9-11H2,1H3;1H. The van der Waals surface area contributed by atoms with Crippen molar-refractivity contribution in [1.29, 1.82) is 0 Å². The van der Waals surface area contributed by atoms with E-state index in [1.807, 2.05) is 6.07 Å². The molecule has 1 aromatic carbocycles. The Hall–Kier alpha value is -0.860. The Bertz CT molecular complexity index is 366. The molecule has 1 heterocycles. The SMILES string of the molecule is CCCC(=O)C1CC(c2ccccc2)CCN1.Cl. The maximum absolute atomic E-state index is 11.9. The van der Waals surface area contributed by atoms with Gasteiger partial charge in [0.1, 0.15) is 5.78 Å². The number of halogens is 1. The fourth-order valence-electron chi connectivity index (χ4n) is 2.61. The van der Waals surface area contributed by atoms with E-state index in [-0.39, 0.29) is 18.4 Å². The molecule has 0 bridgehead atoms. The van der Waals surface area contributed by atoms with E-state index in [9.17, 15) is 4.79 Å². The molecular weight excluding hydrogens is 246 g/mol. The number of nitrogens with one attached hydrogen (secondary N) is 1. The van der Waals surface area contributed by atoms with Gasteiger partial charge in [0.05, 0.1) is 6.04 Å². The third kappa shape index (κ3) is 3.82. The van der Waals surface area contributed by atoms with Crippen LogP contribution in [0.5, 0.6) is 0 Å². The first kappa shape index (κ1) is 15.2. The summed E-state index contributed by atoms with van der Waals surface area (Å²) in [5.74, 6) is 0.927. The molecule has 0 aliphatic carbocycles. The van der Waals surface area contributed by atoms with Crippen molar-refractivity contribution in [1.82, 2.24) is 5.32 Å². The van der Waals surface area contributed by atoms with Crippen molar-refractivity contribution < 1.29 is 4.79 Å². The van der Waals surface area contributed by atoms with Gasteiger partial charge in [-0.15, -0.1) is 12.4 Å². The van der Waals surface area contributed by atoms with Crippen molar-refractivity contribution in [2.75, 3.05) is 6.54 Å². The Kier molecular flexibility index (Phi) is 6.37. The lowest BCUT2D eigenvalue weighted by atomic mass is 9.84. The Labute approximate surface area is 116 Å². The van der Waals surface area contributed by atoms with Crippen LogP contribution >= 0.6 is 12.4 Å². The number of hydrogen-bond acceptors (Lipinski definition) is 2. The molecule has 1 saturated heterocycles. The van der Waals surface area contributed by atoms with Gasteiger partial charge in [-0.1, -0.05) is 37.3 Å². The maximum atomic E-state index is 11.9. The van der Waals surface area contributed by atoms with Crippen LogP contribution in [0.25, 0.3) is 0 Å². The average molecular weight is 268 g/mol. The monoisotopic (exact) mass is 267 g/mol. The Balaban J connectivity index is 0.00000162. The normalized spacial score (nSPS) is 23.2. The molecule has 3 heteroatoms. The summed E-state index contributed by atoms with van der Waals surface area (Å²) in [7, 11) is 0. The third-order valence-electron chi connectivity index (χ3n) is 3.56. The first-order chi connectivity index (χ1) is 8.31. The predicted molar refractivity (Wildman–Crippen MR) is 77.4 cm³/mol. The molecule has 0 amide bonds. The van der Waals surface area contributed by atoms with E-state index >= 15 is 0 Å².